The fraction of sp³-hybridized carbons (Fsp3) is 0.815. The number of carbonyl (C=O) groups excluding carboxylic acids is 3. The normalized spacial score (nSPS) is 43.2. The lowest BCUT2D eigenvalue weighted by Gasteiger charge is -2.71. The number of amides is 1. The van der Waals surface area contributed by atoms with Crippen LogP contribution in [0, 0.1) is 16.7 Å². The molecule has 0 unspecified atom stereocenters. The molecular weight excluding hydrogens is 480 g/mol. The van der Waals surface area contributed by atoms with Gasteiger partial charge in [-0.1, -0.05) is 26.8 Å². The first-order chi connectivity index (χ1) is 16.7. The fourth-order valence-corrected chi connectivity index (χ4v) is 7.30. The maximum absolute atomic E-state index is 14.0. The van der Waals surface area contributed by atoms with Crippen LogP contribution >= 0.6 is 0 Å². The van der Waals surface area contributed by atoms with Crippen LogP contribution < -0.4 is 11.1 Å². The third-order valence-electron chi connectivity index (χ3n) is 8.97. The van der Waals surface area contributed by atoms with E-state index in [0.29, 0.717) is 12.8 Å². The topological polar surface area (TPSA) is 157 Å². The van der Waals surface area contributed by atoms with Gasteiger partial charge < -0.3 is 35.5 Å². The first-order valence-corrected chi connectivity index (χ1v) is 12.9. The summed E-state index contributed by atoms with van der Waals surface area (Å²) in [6, 6.07) is 0. The van der Waals surface area contributed by atoms with Crippen LogP contribution in [-0.2, 0) is 23.8 Å². The van der Waals surface area contributed by atoms with Gasteiger partial charge in [0, 0.05) is 23.3 Å². The molecule has 0 bridgehead atoms. The van der Waals surface area contributed by atoms with Gasteiger partial charge in [-0.15, -0.1) is 6.58 Å². The molecule has 0 aromatic heterocycles. The Morgan fingerprint density at radius 3 is 2.32 bits per heavy atom. The second kappa shape index (κ2) is 9.03. The van der Waals surface area contributed by atoms with Crippen molar-refractivity contribution in [2.24, 2.45) is 22.5 Å². The number of hydrogen-bond donors (Lipinski definition) is 4. The number of fused-ring (bicyclic) bond motifs is 3. The Labute approximate surface area is 219 Å². The summed E-state index contributed by atoms with van der Waals surface area (Å²) >= 11 is 0. The summed E-state index contributed by atoms with van der Waals surface area (Å²) in [6.07, 6.45) is -2.89. The summed E-state index contributed by atoms with van der Waals surface area (Å²) in [5.74, 6) is -1.95. The van der Waals surface area contributed by atoms with Gasteiger partial charge in [0.15, 0.2) is 17.5 Å². The number of ketones is 1. The van der Waals surface area contributed by atoms with Gasteiger partial charge in [0.05, 0.1) is 18.2 Å². The van der Waals surface area contributed by atoms with Gasteiger partial charge in [-0.3, -0.25) is 9.59 Å². The quantitative estimate of drug-likeness (QED) is 0.312. The molecular formula is C27H44N2O8. The number of hydrogen-bond acceptors (Lipinski definition) is 9. The summed E-state index contributed by atoms with van der Waals surface area (Å²) in [5, 5.41) is 27.5. The molecule has 210 valence electrons. The van der Waals surface area contributed by atoms with Gasteiger partial charge in [-0.05, 0) is 52.9 Å². The number of Topliss-reactive ketones (excluding diaryl/α,β-unsaturated/α-hetero) is 1. The van der Waals surface area contributed by atoms with Crippen LogP contribution in [0.4, 0.5) is 4.79 Å². The van der Waals surface area contributed by atoms with Crippen molar-refractivity contribution in [1.29, 1.82) is 0 Å². The Morgan fingerprint density at radius 2 is 1.81 bits per heavy atom. The average Bonchev–Trinajstić information content (AvgIpc) is 2.74. The molecule has 0 aromatic carbocycles. The molecule has 0 spiro atoms. The van der Waals surface area contributed by atoms with E-state index in [9.17, 15) is 24.6 Å². The molecule has 1 aliphatic heterocycles. The van der Waals surface area contributed by atoms with E-state index in [0.717, 1.165) is 0 Å². The van der Waals surface area contributed by atoms with Gasteiger partial charge in [0.25, 0.3) is 0 Å². The van der Waals surface area contributed by atoms with Crippen LogP contribution in [0.2, 0.25) is 0 Å². The zero-order chi connectivity index (χ0) is 28.4. The summed E-state index contributed by atoms with van der Waals surface area (Å²) in [7, 11) is 0. The highest BCUT2D eigenvalue weighted by atomic mass is 16.6. The Morgan fingerprint density at radius 1 is 1.22 bits per heavy atom. The Balaban J connectivity index is 2.21. The van der Waals surface area contributed by atoms with Crippen LogP contribution in [0.3, 0.4) is 0 Å². The molecule has 10 nitrogen and oxygen atoms in total. The van der Waals surface area contributed by atoms with Crippen LogP contribution in [0.5, 0.6) is 0 Å². The molecule has 1 heterocycles. The van der Waals surface area contributed by atoms with Crippen molar-refractivity contribution >= 4 is 17.8 Å². The second-order valence-electron chi connectivity index (χ2n) is 13.3. The molecule has 37 heavy (non-hydrogen) atoms. The zero-order valence-corrected chi connectivity index (χ0v) is 23.3. The van der Waals surface area contributed by atoms with Gasteiger partial charge in [-0.2, -0.15) is 0 Å². The van der Waals surface area contributed by atoms with Gasteiger partial charge in [0.1, 0.15) is 11.7 Å². The molecule has 2 saturated carbocycles. The first-order valence-electron chi connectivity index (χ1n) is 12.9. The van der Waals surface area contributed by atoms with Crippen LogP contribution in [0.15, 0.2) is 12.7 Å². The van der Waals surface area contributed by atoms with Crippen LogP contribution in [-0.4, -0.2) is 75.3 Å². The number of nitrogens with one attached hydrogen (secondary N) is 1. The number of ether oxygens (including phenoxy) is 3. The van der Waals surface area contributed by atoms with E-state index in [4.69, 9.17) is 19.9 Å². The predicted octanol–water partition coefficient (Wildman–Crippen LogP) is 1.99. The van der Waals surface area contributed by atoms with E-state index in [1.54, 1.807) is 13.8 Å². The summed E-state index contributed by atoms with van der Waals surface area (Å²) in [6.45, 7) is 18.0. The molecule has 3 rings (SSSR count). The molecule has 5 N–H and O–H groups in total. The van der Waals surface area contributed by atoms with Crippen molar-refractivity contribution in [3.8, 4) is 0 Å². The van der Waals surface area contributed by atoms with E-state index in [-0.39, 0.29) is 18.5 Å². The number of aliphatic hydroxyl groups excluding tert-OH is 1. The molecule has 3 aliphatic rings. The highest BCUT2D eigenvalue weighted by molar-refractivity contribution is 5.92. The molecule has 0 aromatic rings. The van der Waals surface area contributed by atoms with E-state index in [1.807, 2.05) is 34.6 Å². The maximum atomic E-state index is 14.0. The summed E-state index contributed by atoms with van der Waals surface area (Å²) in [4.78, 5) is 39.0. The molecule has 8 atom stereocenters. The van der Waals surface area contributed by atoms with Crippen molar-refractivity contribution in [1.82, 2.24) is 5.32 Å². The summed E-state index contributed by atoms with van der Waals surface area (Å²) in [5.41, 5.74) is -2.56. The van der Waals surface area contributed by atoms with E-state index in [2.05, 4.69) is 11.9 Å². The number of nitrogens with two attached hydrogens (primary N) is 1. The third kappa shape index (κ3) is 4.49. The number of aliphatic hydroxyl groups is 2. The SMILES string of the molecule is C=C[C@@]1(C)CC(=O)[C@@]2(O)[C@@]3(C)[C@@H](OC(=O)CNC(C)(C)C)CCC(C)(C)[C@@H]3[C@@H](O)[C@H](OC(N)=O)[C@@]2(C)O1. The lowest BCUT2D eigenvalue weighted by atomic mass is 9.39. The fourth-order valence-electron chi connectivity index (χ4n) is 7.30. The highest BCUT2D eigenvalue weighted by Gasteiger charge is 2.82. The molecule has 1 amide bonds. The monoisotopic (exact) mass is 524 g/mol. The molecule has 10 heteroatoms. The van der Waals surface area contributed by atoms with Crippen molar-refractivity contribution < 1.29 is 38.8 Å². The number of primary amides is 1. The highest BCUT2D eigenvalue weighted by Crippen LogP contribution is 2.67. The summed E-state index contributed by atoms with van der Waals surface area (Å²) < 4.78 is 17.7. The molecule has 3 fully saturated rings. The maximum Gasteiger partial charge on any atom is 0.404 e. The molecule has 1 saturated heterocycles. The Kier molecular flexibility index (Phi) is 7.21. The van der Waals surface area contributed by atoms with Crippen molar-refractivity contribution in [3.05, 3.63) is 12.7 Å². The van der Waals surface area contributed by atoms with E-state index >= 15 is 0 Å². The third-order valence-corrected chi connectivity index (χ3v) is 8.97. The molecule has 0 radical (unpaired) electrons. The average molecular weight is 525 g/mol. The number of rotatable bonds is 5. The Hall–Kier alpha value is -2.01. The van der Waals surface area contributed by atoms with E-state index < -0.39 is 69.7 Å². The van der Waals surface area contributed by atoms with Gasteiger partial charge >= 0.3 is 12.1 Å². The van der Waals surface area contributed by atoms with Crippen molar-refractivity contribution in [2.75, 3.05) is 6.54 Å². The predicted molar refractivity (Wildman–Crippen MR) is 135 cm³/mol. The lowest BCUT2D eigenvalue weighted by molar-refractivity contribution is -0.369. The van der Waals surface area contributed by atoms with E-state index in [1.165, 1.54) is 13.0 Å². The zero-order valence-electron chi connectivity index (χ0n) is 23.3. The van der Waals surface area contributed by atoms with Crippen molar-refractivity contribution in [3.63, 3.8) is 0 Å². The largest absolute Gasteiger partial charge is 0.461 e. The first kappa shape index (κ1) is 29.5. The minimum Gasteiger partial charge on any atom is -0.461 e. The minimum absolute atomic E-state index is 0.0746. The number of esters is 1. The second-order valence-corrected chi connectivity index (χ2v) is 13.3. The number of carbonyl (C=O) groups is 3. The molecule has 2 aliphatic carbocycles. The Bertz CT molecular complexity index is 976. The minimum atomic E-state index is -2.31. The van der Waals surface area contributed by atoms with Crippen molar-refractivity contribution in [2.45, 2.75) is 115 Å². The standard InChI is InChI=1S/C27H44N2O8/c1-10-24(7)13-15(30)27(34)25(8)16(35-17(31)14-29-22(2,3)4)11-12-23(5,6)19(25)18(32)20(36-21(28)33)26(27,9)37-24/h10,16,18-20,29,32,34H,1,11-14H2,2-9H3,(H2,28,33)/t16-,18+,19-,20-,24-,25-,26+,27+/m0/s1. The smallest absolute Gasteiger partial charge is 0.404 e. The van der Waals surface area contributed by atoms with Crippen LogP contribution in [0.25, 0.3) is 0 Å². The van der Waals surface area contributed by atoms with Crippen LogP contribution in [0.1, 0.15) is 74.7 Å². The van der Waals surface area contributed by atoms with Gasteiger partial charge in [0.2, 0.25) is 0 Å². The van der Waals surface area contributed by atoms with Gasteiger partial charge in [-0.25, -0.2) is 4.79 Å². The lowest BCUT2D eigenvalue weighted by Crippen LogP contribution is -2.87.